The van der Waals surface area contributed by atoms with Gasteiger partial charge < -0.3 is 11.1 Å². The lowest BCUT2D eigenvalue weighted by atomic mass is 9.91. The van der Waals surface area contributed by atoms with Crippen LogP contribution in [-0.2, 0) is 0 Å². The van der Waals surface area contributed by atoms with E-state index in [-0.39, 0.29) is 17.8 Å². The number of nitrogens with one attached hydrogen (secondary N) is 1. The van der Waals surface area contributed by atoms with Gasteiger partial charge in [-0.3, -0.25) is 10.1 Å². The van der Waals surface area contributed by atoms with E-state index in [9.17, 15) is 10.1 Å². The summed E-state index contributed by atoms with van der Waals surface area (Å²) in [4.78, 5) is 14.4. The predicted molar refractivity (Wildman–Crippen MR) is 69.5 cm³/mol. The van der Waals surface area contributed by atoms with E-state index in [1.807, 2.05) is 0 Å². The van der Waals surface area contributed by atoms with Crippen molar-refractivity contribution in [2.75, 3.05) is 5.32 Å². The van der Waals surface area contributed by atoms with Crippen molar-refractivity contribution in [2.24, 2.45) is 5.73 Å². The van der Waals surface area contributed by atoms with Crippen molar-refractivity contribution < 1.29 is 4.92 Å². The molecule has 1 aliphatic rings. The summed E-state index contributed by atoms with van der Waals surface area (Å²) in [6.45, 7) is 1.71. The normalized spacial score (nSPS) is 23.7. The van der Waals surface area contributed by atoms with Gasteiger partial charge in [-0.2, -0.15) is 0 Å². The zero-order valence-corrected chi connectivity index (χ0v) is 10.4. The lowest BCUT2D eigenvalue weighted by molar-refractivity contribution is -0.385. The highest BCUT2D eigenvalue weighted by molar-refractivity contribution is 5.47. The summed E-state index contributed by atoms with van der Waals surface area (Å²) < 4.78 is 0. The molecule has 1 fully saturated rings. The van der Waals surface area contributed by atoms with Crippen molar-refractivity contribution in [1.29, 1.82) is 0 Å². The highest BCUT2D eigenvalue weighted by Gasteiger charge is 2.22. The molecule has 2 atom stereocenters. The van der Waals surface area contributed by atoms with Crippen LogP contribution in [0.1, 0.15) is 31.2 Å². The summed E-state index contributed by atoms with van der Waals surface area (Å²) in [6.07, 6.45) is 5.68. The Morgan fingerprint density at radius 2 is 2.22 bits per heavy atom. The minimum absolute atomic E-state index is 0.0495. The first-order valence-corrected chi connectivity index (χ1v) is 6.21. The zero-order chi connectivity index (χ0) is 13.1. The summed E-state index contributed by atoms with van der Waals surface area (Å²) in [6, 6.07) is 2.06. The molecule has 2 rings (SSSR count). The molecule has 1 heterocycles. The molecule has 18 heavy (non-hydrogen) atoms. The smallest absolute Gasteiger partial charge is 0.290 e. The fraction of sp³-hybridized carbons (Fsp3) is 0.583. The molecule has 1 aromatic heterocycles. The first-order valence-electron chi connectivity index (χ1n) is 6.21. The number of nitrogens with zero attached hydrogens (tertiary/aromatic N) is 2. The Morgan fingerprint density at radius 3 is 2.83 bits per heavy atom. The molecule has 0 spiro atoms. The van der Waals surface area contributed by atoms with E-state index in [0.29, 0.717) is 11.4 Å². The van der Waals surface area contributed by atoms with Gasteiger partial charge in [-0.1, -0.05) is 12.8 Å². The van der Waals surface area contributed by atoms with E-state index in [1.165, 1.54) is 12.6 Å². The van der Waals surface area contributed by atoms with Gasteiger partial charge in [0, 0.05) is 17.6 Å². The van der Waals surface area contributed by atoms with Crippen molar-refractivity contribution in [1.82, 2.24) is 4.98 Å². The van der Waals surface area contributed by atoms with Crippen molar-refractivity contribution in [3.05, 3.63) is 27.9 Å². The lowest BCUT2D eigenvalue weighted by Gasteiger charge is -2.29. The minimum Gasteiger partial charge on any atom is -0.366 e. The molecule has 0 bridgehead atoms. The summed E-state index contributed by atoms with van der Waals surface area (Å²) in [5.74, 6) is 0.667. The van der Waals surface area contributed by atoms with Crippen molar-refractivity contribution in [3.8, 4) is 0 Å². The second kappa shape index (κ2) is 5.30. The quantitative estimate of drug-likeness (QED) is 0.632. The van der Waals surface area contributed by atoms with Crippen molar-refractivity contribution >= 4 is 11.5 Å². The van der Waals surface area contributed by atoms with Gasteiger partial charge in [-0.25, -0.2) is 4.98 Å². The highest BCUT2D eigenvalue weighted by atomic mass is 16.6. The van der Waals surface area contributed by atoms with Gasteiger partial charge in [0.1, 0.15) is 12.0 Å². The summed E-state index contributed by atoms with van der Waals surface area (Å²) in [5.41, 5.74) is 6.71. The van der Waals surface area contributed by atoms with Gasteiger partial charge in [-0.05, 0) is 25.8 Å². The monoisotopic (exact) mass is 250 g/mol. The molecule has 0 aliphatic heterocycles. The fourth-order valence-electron chi connectivity index (χ4n) is 2.35. The number of anilines is 1. The number of nitro groups is 1. The van der Waals surface area contributed by atoms with Crippen LogP contribution in [0.15, 0.2) is 12.3 Å². The van der Waals surface area contributed by atoms with Crippen LogP contribution in [0.25, 0.3) is 0 Å². The van der Waals surface area contributed by atoms with Gasteiger partial charge in [0.15, 0.2) is 0 Å². The van der Waals surface area contributed by atoms with Crippen LogP contribution in [0.3, 0.4) is 0 Å². The van der Waals surface area contributed by atoms with E-state index < -0.39 is 4.92 Å². The van der Waals surface area contributed by atoms with Crippen LogP contribution in [0.4, 0.5) is 11.5 Å². The summed E-state index contributed by atoms with van der Waals surface area (Å²) in [7, 11) is 0. The molecule has 0 aromatic carbocycles. The number of hydrogen-bond donors (Lipinski definition) is 2. The Morgan fingerprint density at radius 1 is 1.50 bits per heavy atom. The molecule has 1 saturated carbocycles. The molecular formula is C12H18N4O2. The maximum atomic E-state index is 10.7. The van der Waals surface area contributed by atoms with E-state index >= 15 is 0 Å². The van der Waals surface area contributed by atoms with Gasteiger partial charge in [0.25, 0.3) is 5.69 Å². The first kappa shape index (κ1) is 12.8. The SMILES string of the molecule is Cc1cc(NC2CCCCC2N)ncc1[N+](=O)[O-]. The van der Waals surface area contributed by atoms with Gasteiger partial charge in [-0.15, -0.1) is 0 Å². The average molecular weight is 250 g/mol. The van der Waals surface area contributed by atoms with Crippen LogP contribution in [0.2, 0.25) is 0 Å². The van der Waals surface area contributed by atoms with Gasteiger partial charge in [0.05, 0.1) is 4.92 Å². The van der Waals surface area contributed by atoms with Crippen LogP contribution in [-0.4, -0.2) is 22.0 Å². The third-order valence-corrected chi connectivity index (χ3v) is 3.43. The largest absolute Gasteiger partial charge is 0.366 e. The third kappa shape index (κ3) is 2.76. The Balaban J connectivity index is 2.10. The second-order valence-electron chi connectivity index (χ2n) is 4.81. The zero-order valence-electron chi connectivity index (χ0n) is 10.4. The summed E-state index contributed by atoms with van der Waals surface area (Å²) in [5, 5.41) is 14.0. The maximum absolute atomic E-state index is 10.7. The third-order valence-electron chi connectivity index (χ3n) is 3.43. The van der Waals surface area contributed by atoms with E-state index in [2.05, 4.69) is 10.3 Å². The van der Waals surface area contributed by atoms with E-state index in [4.69, 9.17) is 5.73 Å². The van der Waals surface area contributed by atoms with Crippen LogP contribution < -0.4 is 11.1 Å². The molecule has 0 saturated heterocycles. The number of nitrogens with two attached hydrogens (primary N) is 1. The molecule has 1 aliphatic carbocycles. The summed E-state index contributed by atoms with van der Waals surface area (Å²) >= 11 is 0. The fourth-order valence-corrected chi connectivity index (χ4v) is 2.35. The minimum atomic E-state index is -0.418. The molecule has 98 valence electrons. The topological polar surface area (TPSA) is 94.1 Å². The number of rotatable bonds is 3. The lowest BCUT2D eigenvalue weighted by Crippen LogP contribution is -2.42. The molecule has 3 N–H and O–H groups in total. The van der Waals surface area contributed by atoms with E-state index in [1.54, 1.807) is 13.0 Å². The molecule has 0 amide bonds. The Bertz CT molecular complexity index is 450. The highest BCUT2D eigenvalue weighted by Crippen LogP contribution is 2.23. The Labute approximate surface area is 106 Å². The van der Waals surface area contributed by atoms with Crippen molar-refractivity contribution in [3.63, 3.8) is 0 Å². The van der Waals surface area contributed by atoms with Gasteiger partial charge >= 0.3 is 0 Å². The number of hydrogen-bond acceptors (Lipinski definition) is 5. The van der Waals surface area contributed by atoms with E-state index in [0.717, 1.165) is 19.3 Å². The first-order chi connectivity index (χ1) is 8.58. The molecule has 1 aromatic rings. The number of aryl methyl sites for hydroxylation is 1. The maximum Gasteiger partial charge on any atom is 0.290 e. The van der Waals surface area contributed by atoms with Crippen LogP contribution in [0, 0.1) is 17.0 Å². The predicted octanol–water partition coefficient (Wildman–Crippen LogP) is 1.98. The Hall–Kier alpha value is -1.69. The molecular weight excluding hydrogens is 232 g/mol. The average Bonchev–Trinajstić information content (AvgIpc) is 2.32. The number of pyridine rings is 1. The van der Waals surface area contributed by atoms with Crippen molar-refractivity contribution in [2.45, 2.75) is 44.7 Å². The van der Waals surface area contributed by atoms with Gasteiger partial charge in [0.2, 0.25) is 0 Å². The molecule has 0 radical (unpaired) electrons. The van der Waals surface area contributed by atoms with Crippen LogP contribution in [0.5, 0.6) is 0 Å². The Kier molecular flexibility index (Phi) is 3.76. The van der Waals surface area contributed by atoms with Crippen LogP contribution >= 0.6 is 0 Å². The molecule has 6 heteroatoms. The molecule has 2 unspecified atom stereocenters. The molecule has 6 nitrogen and oxygen atoms in total. The standard InChI is InChI=1S/C12H18N4O2/c1-8-6-12(14-7-11(8)16(17)18)15-10-5-3-2-4-9(10)13/h6-7,9-10H,2-5,13H2,1H3,(H,14,15). The second-order valence-corrected chi connectivity index (χ2v) is 4.81. The number of aromatic nitrogens is 1.